The molecule has 3 heterocycles. The largest absolute Gasteiger partial charge is 0.490 e. The Labute approximate surface area is 173 Å². The average Bonchev–Trinajstić information content (AvgIpc) is 3.12. The second kappa shape index (κ2) is 9.33. The standard InChI is InChI=1S/C17H17F2N5.C2HF3O2/c18-13-7-12(8-14(19)9-13)10-23-5-1-15(2-6-23)24-11-22-16-17(24)21-4-3-20-16;3-2(4,5)1(6)7/h3-4,7-9,11,15H,1-2,5-6,10H2;(H,6,7). The number of imidazole rings is 1. The Morgan fingerprint density at radius 3 is 2.19 bits per heavy atom. The molecule has 12 heteroatoms. The topological polar surface area (TPSA) is 84.1 Å². The Balaban J connectivity index is 0.000000339. The summed E-state index contributed by atoms with van der Waals surface area (Å²) in [6.45, 7) is 2.29. The van der Waals surface area contributed by atoms with E-state index in [1.165, 1.54) is 12.1 Å². The number of aromatic nitrogens is 4. The van der Waals surface area contributed by atoms with E-state index in [9.17, 15) is 22.0 Å². The highest BCUT2D eigenvalue weighted by molar-refractivity contribution is 5.73. The van der Waals surface area contributed by atoms with Gasteiger partial charge in [0.25, 0.3) is 0 Å². The van der Waals surface area contributed by atoms with Crippen LogP contribution in [0.3, 0.4) is 0 Å². The van der Waals surface area contributed by atoms with Gasteiger partial charge in [-0.2, -0.15) is 13.2 Å². The van der Waals surface area contributed by atoms with Gasteiger partial charge in [-0.05, 0) is 30.5 Å². The molecule has 1 fully saturated rings. The van der Waals surface area contributed by atoms with Crippen molar-refractivity contribution in [3.05, 3.63) is 54.1 Å². The Kier molecular flexibility index (Phi) is 6.78. The minimum Gasteiger partial charge on any atom is -0.475 e. The summed E-state index contributed by atoms with van der Waals surface area (Å²) >= 11 is 0. The van der Waals surface area contributed by atoms with E-state index in [-0.39, 0.29) is 0 Å². The van der Waals surface area contributed by atoms with Crippen molar-refractivity contribution >= 4 is 17.3 Å². The van der Waals surface area contributed by atoms with Crippen LogP contribution in [-0.2, 0) is 11.3 Å². The van der Waals surface area contributed by atoms with E-state index in [1.54, 1.807) is 18.7 Å². The molecule has 0 unspecified atom stereocenters. The molecule has 2 aromatic heterocycles. The Bertz CT molecular complexity index is 1030. The number of hydrogen-bond donors (Lipinski definition) is 1. The first kappa shape index (κ1) is 22.5. The first-order chi connectivity index (χ1) is 14.6. The van der Waals surface area contributed by atoms with Gasteiger partial charge in [0, 0.05) is 44.1 Å². The fourth-order valence-corrected chi connectivity index (χ4v) is 3.35. The lowest BCUT2D eigenvalue weighted by Crippen LogP contribution is -2.34. The van der Waals surface area contributed by atoms with Crippen molar-refractivity contribution < 1.29 is 31.9 Å². The number of carboxylic acids is 1. The Morgan fingerprint density at radius 2 is 1.61 bits per heavy atom. The van der Waals surface area contributed by atoms with Gasteiger partial charge >= 0.3 is 12.1 Å². The molecule has 3 aromatic rings. The van der Waals surface area contributed by atoms with E-state index in [2.05, 4.69) is 24.4 Å². The zero-order valence-electron chi connectivity index (χ0n) is 16.1. The van der Waals surface area contributed by atoms with Crippen LogP contribution in [0.4, 0.5) is 22.0 Å². The van der Waals surface area contributed by atoms with Crippen LogP contribution in [-0.4, -0.2) is 54.8 Å². The van der Waals surface area contributed by atoms with Crippen LogP contribution in [0.1, 0.15) is 24.4 Å². The van der Waals surface area contributed by atoms with Gasteiger partial charge in [-0.25, -0.2) is 28.5 Å². The Morgan fingerprint density at radius 1 is 1.03 bits per heavy atom. The van der Waals surface area contributed by atoms with Crippen LogP contribution in [0.5, 0.6) is 0 Å². The third-order valence-corrected chi connectivity index (χ3v) is 4.73. The van der Waals surface area contributed by atoms with Crippen molar-refractivity contribution in [2.24, 2.45) is 0 Å². The van der Waals surface area contributed by atoms with Crippen LogP contribution in [0.2, 0.25) is 0 Å². The molecular weight excluding hydrogens is 425 g/mol. The molecule has 1 aliphatic heterocycles. The number of rotatable bonds is 3. The summed E-state index contributed by atoms with van der Waals surface area (Å²) in [6, 6.07) is 4.02. The predicted octanol–water partition coefficient (Wildman–Crippen LogP) is 3.57. The van der Waals surface area contributed by atoms with Crippen LogP contribution < -0.4 is 0 Å². The van der Waals surface area contributed by atoms with Gasteiger partial charge in [-0.15, -0.1) is 0 Å². The number of alkyl halides is 3. The molecule has 0 saturated carbocycles. The van der Waals surface area contributed by atoms with E-state index in [1.807, 2.05) is 0 Å². The van der Waals surface area contributed by atoms with Gasteiger partial charge < -0.3 is 9.67 Å². The van der Waals surface area contributed by atoms with Crippen molar-refractivity contribution in [1.29, 1.82) is 0 Å². The van der Waals surface area contributed by atoms with Crippen LogP contribution in [0.25, 0.3) is 11.3 Å². The van der Waals surface area contributed by atoms with E-state index < -0.39 is 23.8 Å². The van der Waals surface area contributed by atoms with Crippen LogP contribution in [0.15, 0.2) is 36.9 Å². The number of nitrogens with zero attached hydrogens (tertiary/aromatic N) is 5. The molecule has 166 valence electrons. The maximum absolute atomic E-state index is 13.3. The number of fused-ring (bicyclic) bond motifs is 1. The van der Waals surface area contributed by atoms with E-state index >= 15 is 0 Å². The lowest BCUT2D eigenvalue weighted by molar-refractivity contribution is -0.192. The minimum absolute atomic E-state index is 0.326. The lowest BCUT2D eigenvalue weighted by Gasteiger charge is -2.32. The second-order valence-electron chi connectivity index (χ2n) is 6.94. The van der Waals surface area contributed by atoms with Crippen molar-refractivity contribution in [3.63, 3.8) is 0 Å². The minimum atomic E-state index is -5.08. The maximum atomic E-state index is 13.3. The highest BCUT2D eigenvalue weighted by Gasteiger charge is 2.38. The Hall–Kier alpha value is -3.15. The molecular formula is C19H18F5N5O2. The lowest BCUT2D eigenvalue weighted by atomic mass is 10.0. The SMILES string of the molecule is Fc1cc(F)cc(CN2CCC(n3cnc4nccnc43)CC2)c1.O=C(O)C(F)(F)F. The molecule has 0 radical (unpaired) electrons. The molecule has 1 aromatic carbocycles. The van der Waals surface area contributed by atoms with Gasteiger partial charge in [0.2, 0.25) is 0 Å². The molecule has 1 saturated heterocycles. The summed E-state index contributed by atoms with van der Waals surface area (Å²) in [5.74, 6) is -3.81. The summed E-state index contributed by atoms with van der Waals surface area (Å²) in [5.41, 5.74) is 2.14. The molecule has 0 amide bonds. The van der Waals surface area contributed by atoms with Crippen molar-refractivity contribution in [3.8, 4) is 0 Å². The molecule has 0 bridgehead atoms. The molecule has 0 atom stereocenters. The maximum Gasteiger partial charge on any atom is 0.490 e. The quantitative estimate of drug-likeness (QED) is 0.623. The van der Waals surface area contributed by atoms with Crippen LogP contribution in [0, 0.1) is 11.6 Å². The highest BCUT2D eigenvalue weighted by atomic mass is 19.4. The molecule has 31 heavy (non-hydrogen) atoms. The third-order valence-electron chi connectivity index (χ3n) is 4.73. The second-order valence-corrected chi connectivity index (χ2v) is 6.94. The summed E-state index contributed by atoms with van der Waals surface area (Å²) in [7, 11) is 0. The number of hydrogen-bond acceptors (Lipinski definition) is 5. The third kappa shape index (κ3) is 5.94. The van der Waals surface area contributed by atoms with Gasteiger partial charge in [0.05, 0.1) is 6.33 Å². The number of aliphatic carboxylic acids is 1. The molecule has 0 aliphatic carbocycles. The van der Waals surface area contributed by atoms with Crippen molar-refractivity contribution in [2.75, 3.05) is 13.1 Å². The number of piperidine rings is 1. The first-order valence-electron chi connectivity index (χ1n) is 9.24. The van der Waals surface area contributed by atoms with Crippen molar-refractivity contribution in [2.45, 2.75) is 31.6 Å². The highest BCUT2D eigenvalue weighted by Crippen LogP contribution is 2.26. The zero-order valence-corrected chi connectivity index (χ0v) is 16.1. The fourth-order valence-electron chi connectivity index (χ4n) is 3.35. The number of carbonyl (C=O) groups is 1. The van der Waals surface area contributed by atoms with Gasteiger partial charge in [0.15, 0.2) is 11.3 Å². The van der Waals surface area contributed by atoms with Gasteiger partial charge in [-0.3, -0.25) is 4.90 Å². The molecule has 7 nitrogen and oxygen atoms in total. The zero-order chi connectivity index (χ0) is 22.6. The molecule has 1 aliphatic rings. The fraction of sp³-hybridized carbons (Fsp3) is 0.368. The number of benzene rings is 1. The number of carboxylic acid groups (broad SMARTS) is 1. The molecule has 1 N–H and O–H groups in total. The number of likely N-dealkylation sites (tertiary alicyclic amines) is 1. The van der Waals surface area contributed by atoms with Gasteiger partial charge in [-0.1, -0.05) is 0 Å². The van der Waals surface area contributed by atoms with E-state index in [4.69, 9.17) is 9.90 Å². The number of halogens is 5. The van der Waals surface area contributed by atoms with Crippen molar-refractivity contribution in [1.82, 2.24) is 24.4 Å². The smallest absolute Gasteiger partial charge is 0.475 e. The van der Waals surface area contributed by atoms with E-state index in [0.717, 1.165) is 37.6 Å². The summed E-state index contributed by atoms with van der Waals surface area (Å²) in [4.78, 5) is 24.0. The average molecular weight is 443 g/mol. The van der Waals surface area contributed by atoms with Crippen LogP contribution >= 0.6 is 0 Å². The summed E-state index contributed by atoms with van der Waals surface area (Å²) in [6.07, 6.45) is 1.92. The predicted molar refractivity (Wildman–Crippen MR) is 98.9 cm³/mol. The normalized spacial score (nSPS) is 15.5. The monoisotopic (exact) mass is 443 g/mol. The summed E-state index contributed by atoms with van der Waals surface area (Å²) in [5, 5.41) is 7.12. The van der Waals surface area contributed by atoms with Gasteiger partial charge in [0.1, 0.15) is 11.6 Å². The summed E-state index contributed by atoms with van der Waals surface area (Å²) < 4.78 is 60.4. The molecule has 4 rings (SSSR count). The molecule has 0 spiro atoms. The first-order valence-corrected chi connectivity index (χ1v) is 9.24. The van der Waals surface area contributed by atoms with E-state index in [0.29, 0.717) is 23.8 Å².